The van der Waals surface area contributed by atoms with Crippen molar-refractivity contribution in [2.24, 2.45) is 0 Å². The Balaban J connectivity index is 1.54. The van der Waals surface area contributed by atoms with Crippen LogP contribution in [0.1, 0.15) is 74.7 Å². The molecule has 6 heteroatoms. The van der Waals surface area contributed by atoms with Crippen LogP contribution in [0.15, 0.2) is 48.5 Å². The number of hydrogen-bond donors (Lipinski definition) is 1. The third kappa shape index (κ3) is 7.94. The van der Waals surface area contributed by atoms with Crippen LogP contribution in [0.4, 0.5) is 5.69 Å². The van der Waals surface area contributed by atoms with Gasteiger partial charge in [0.05, 0.1) is 18.8 Å². The second-order valence-corrected chi connectivity index (χ2v) is 8.41. The minimum absolute atomic E-state index is 0.0194. The monoisotopic (exact) mass is 465 g/mol. The van der Waals surface area contributed by atoms with E-state index in [1.165, 1.54) is 12.5 Å². The molecule has 0 heterocycles. The van der Waals surface area contributed by atoms with E-state index in [2.05, 4.69) is 12.2 Å². The van der Waals surface area contributed by atoms with Crippen LogP contribution in [-0.4, -0.2) is 31.2 Å². The summed E-state index contributed by atoms with van der Waals surface area (Å²) in [5.74, 6) is 0.798. The fourth-order valence-electron chi connectivity index (χ4n) is 3.79. The van der Waals surface area contributed by atoms with Gasteiger partial charge in [-0.15, -0.1) is 0 Å². The van der Waals surface area contributed by atoms with Crippen LogP contribution < -0.4 is 14.8 Å². The normalized spacial score (nSPS) is 14.1. The van der Waals surface area contributed by atoms with Gasteiger partial charge in [0.25, 0.3) is 0 Å². The van der Waals surface area contributed by atoms with Crippen LogP contribution in [0, 0.1) is 0 Å². The first kappa shape index (κ1) is 25.3. The van der Waals surface area contributed by atoms with Gasteiger partial charge in [0.15, 0.2) is 11.5 Å². The SMILES string of the molecule is CCCCOc1ccc(/C=C/C(=O)Nc2ccc(C(=O)OC3CCCCC3)cc2)cc1OCC. The van der Waals surface area contributed by atoms with Crippen LogP contribution >= 0.6 is 0 Å². The molecule has 0 aromatic heterocycles. The quantitative estimate of drug-likeness (QED) is 0.236. The van der Waals surface area contributed by atoms with E-state index in [0.29, 0.717) is 36.0 Å². The molecule has 0 aliphatic heterocycles. The van der Waals surface area contributed by atoms with Gasteiger partial charge in [-0.05, 0) is 87.1 Å². The summed E-state index contributed by atoms with van der Waals surface area (Å²) in [4.78, 5) is 24.7. The average molecular weight is 466 g/mol. The fourth-order valence-corrected chi connectivity index (χ4v) is 3.79. The highest BCUT2D eigenvalue weighted by Gasteiger charge is 2.18. The average Bonchev–Trinajstić information content (AvgIpc) is 2.85. The second kappa shape index (κ2) is 13.4. The van der Waals surface area contributed by atoms with E-state index >= 15 is 0 Å². The molecule has 1 saturated carbocycles. The fraction of sp³-hybridized carbons (Fsp3) is 0.429. The lowest BCUT2D eigenvalue weighted by atomic mass is 9.98. The Morgan fingerprint density at radius 2 is 1.74 bits per heavy atom. The summed E-state index contributed by atoms with van der Waals surface area (Å²) in [5, 5.41) is 2.81. The summed E-state index contributed by atoms with van der Waals surface area (Å²) in [6.45, 7) is 5.21. The van der Waals surface area contributed by atoms with Crippen molar-refractivity contribution in [1.82, 2.24) is 0 Å². The Kier molecular flexibility index (Phi) is 10.0. The van der Waals surface area contributed by atoms with Crippen molar-refractivity contribution in [2.75, 3.05) is 18.5 Å². The third-order valence-corrected chi connectivity index (χ3v) is 5.66. The number of carbonyl (C=O) groups is 2. The van der Waals surface area contributed by atoms with Crippen LogP contribution in [0.5, 0.6) is 11.5 Å². The van der Waals surface area contributed by atoms with E-state index in [1.54, 1.807) is 30.3 Å². The predicted molar refractivity (Wildman–Crippen MR) is 134 cm³/mol. The van der Waals surface area contributed by atoms with Crippen molar-refractivity contribution in [3.8, 4) is 11.5 Å². The molecule has 182 valence electrons. The molecule has 0 unspecified atom stereocenters. The highest BCUT2D eigenvalue weighted by Crippen LogP contribution is 2.29. The zero-order valence-electron chi connectivity index (χ0n) is 20.2. The number of anilines is 1. The molecule has 6 nitrogen and oxygen atoms in total. The number of benzene rings is 2. The Bertz CT molecular complexity index is 961. The minimum Gasteiger partial charge on any atom is -0.490 e. The summed E-state index contributed by atoms with van der Waals surface area (Å²) < 4.78 is 17.1. The number of ether oxygens (including phenoxy) is 3. The number of esters is 1. The lowest BCUT2D eigenvalue weighted by Crippen LogP contribution is -2.20. The van der Waals surface area contributed by atoms with Gasteiger partial charge in [0, 0.05) is 11.8 Å². The molecule has 0 saturated heterocycles. The van der Waals surface area contributed by atoms with E-state index in [0.717, 1.165) is 44.1 Å². The summed E-state index contributed by atoms with van der Waals surface area (Å²) in [5.41, 5.74) is 1.93. The summed E-state index contributed by atoms with van der Waals surface area (Å²) in [7, 11) is 0. The van der Waals surface area contributed by atoms with Crippen molar-refractivity contribution >= 4 is 23.6 Å². The Hall–Kier alpha value is -3.28. The van der Waals surface area contributed by atoms with Crippen molar-refractivity contribution in [1.29, 1.82) is 0 Å². The molecule has 2 aromatic carbocycles. The number of hydrogen-bond acceptors (Lipinski definition) is 5. The van der Waals surface area contributed by atoms with E-state index in [4.69, 9.17) is 14.2 Å². The van der Waals surface area contributed by atoms with Gasteiger partial charge in [-0.1, -0.05) is 25.8 Å². The van der Waals surface area contributed by atoms with Crippen LogP contribution in [0.3, 0.4) is 0 Å². The first-order valence-electron chi connectivity index (χ1n) is 12.3. The lowest BCUT2D eigenvalue weighted by Gasteiger charge is -2.21. The first-order valence-corrected chi connectivity index (χ1v) is 12.3. The van der Waals surface area contributed by atoms with Gasteiger partial charge in [-0.3, -0.25) is 4.79 Å². The molecule has 1 aliphatic rings. The predicted octanol–water partition coefficient (Wildman–Crippen LogP) is 6.41. The molecule has 1 amide bonds. The number of rotatable bonds is 11. The van der Waals surface area contributed by atoms with Gasteiger partial charge in [-0.25, -0.2) is 4.79 Å². The molecule has 1 aliphatic carbocycles. The summed E-state index contributed by atoms with van der Waals surface area (Å²) in [6, 6.07) is 12.4. The molecule has 0 bridgehead atoms. The minimum atomic E-state index is -0.308. The maximum atomic E-state index is 12.4. The first-order chi connectivity index (χ1) is 16.6. The van der Waals surface area contributed by atoms with E-state index in [9.17, 15) is 9.59 Å². The highest BCUT2D eigenvalue weighted by molar-refractivity contribution is 6.02. The molecular formula is C28H35NO5. The Morgan fingerprint density at radius 3 is 2.44 bits per heavy atom. The molecular weight excluding hydrogens is 430 g/mol. The maximum absolute atomic E-state index is 12.4. The molecule has 3 rings (SSSR count). The molecule has 1 N–H and O–H groups in total. The standard InChI is InChI=1S/C28H35NO5/c1-3-5-19-33-25-17-11-21(20-26(25)32-4-2)12-18-27(30)29-23-15-13-22(14-16-23)28(31)34-24-9-7-6-8-10-24/h11-18,20,24H,3-10,19H2,1-2H3,(H,29,30)/b18-12+. The topological polar surface area (TPSA) is 73.9 Å². The highest BCUT2D eigenvalue weighted by atomic mass is 16.5. The largest absolute Gasteiger partial charge is 0.490 e. The molecule has 1 fully saturated rings. The van der Waals surface area contributed by atoms with Gasteiger partial charge in [0.1, 0.15) is 6.10 Å². The molecule has 2 aromatic rings. The zero-order chi connectivity index (χ0) is 24.2. The number of carbonyl (C=O) groups excluding carboxylic acids is 2. The van der Waals surface area contributed by atoms with E-state index in [-0.39, 0.29) is 18.0 Å². The van der Waals surface area contributed by atoms with Crippen molar-refractivity contribution in [3.63, 3.8) is 0 Å². The van der Waals surface area contributed by atoms with Gasteiger partial charge < -0.3 is 19.5 Å². The summed E-state index contributed by atoms with van der Waals surface area (Å²) >= 11 is 0. The van der Waals surface area contributed by atoms with Gasteiger partial charge in [0.2, 0.25) is 5.91 Å². The van der Waals surface area contributed by atoms with E-state index < -0.39 is 0 Å². The Labute approximate surface area is 202 Å². The van der Waals surface area contributed by atoms with Crippen LogP contribution in [-0.2, 0) is 9.53 Å². The molecule has 0 radical (unpaired) electrons. The number of unbranched alkanes of at least 4 members (excludes halogenated alkanes) is 1. The summed E-state index contributed by atoms with van der Waals surface area (Å²) in [6.07, 6.45) is 10.6. The third-order valence-electron chi connectivity index (χ3n) is 5.66. The van der Waals surface area contributed by atoms with Crippen molar-refractivity contribution < 1.29 is 23.8 Å². The molecule has 0 spiro atoms. The Morgan fingerprint density at radius 1 is 0.971 bits per heavy atom. The number of amides is 1. The van der Waals surface area contributed by atoms with Crippen molar-refractivity contribution in [2.45, 2.75) is 64.9 Å². The van der Waals surface area contributed by atoms with Crippen LogP contribution in [0.2, 0.25) is 0 Å². The molecule has 0 atom stereocenters. The van der Waals surface area contributed by atoms with Gasteiger partial charge in [-0.2, -0.15) is 0 Å². The zero-order valence-corrected chi connectivity index (χ0v) is 20.2. The van der Waals surface area contributed by atoms with Crippen LogP contribution in [0.25, 0.3) is 6.08 Å². The second-order valence-electron chi connectivity index (χ2n) is 8.41. The number of nitrogens with one attached hydrogen (secondary N) is 1. The molecule has 34 heavy (non-hydrogen) atoms. The lowest BCUT2D eigenvalue weighted by molar-refractivity contribution is -0.111. The van der Waals surface area contributed by atoms with Gasteiger partial charge >= 0.3 is 5.97 Å². The smallest absolute Gasteiger partial charge is 0.338 e. The maximum Gasteiger partial charge on any atom is 0.338 e. The van der Waals surface area contributed by atoms with E-state index in [1.807, 2.05) is 25.1 Å². The van der Waals surface area contributed by atoms with Crippen molar-refractivity contribution in [3.05, 3.63) is 59.7 Å².